The predicted octanol–water partition coefficient (Wildman–Crippen LogP) is 18.7. The van der Waals surface area contributed by atoms with Crippen LogP contribution in [0, 0.1) is 0 Å². The van der Waals surface area contributed by atoms with Crippen molar-refractivity contribution >= 4 is 71.2 Å². The van der Waals surface area contributed by atoms with Crippen molar-refractivity contribution in [2.45, 2.75) is 52.4 Å². The topological polar surface area (TPSA) is 8.17 Å². The first-order valence-corrected chi connectivity index (χ1v) is 24.0. The largest absolute Gasteiger partial charge is 0.309 e. The Kier molecular flexibility index (Phi) is 9.67. The molecule has 0 saturated carbocycles. The van der Waals surface area contributed by atoms with Crippen LogP contribution in [0.5, 0.6) is 0 Å². The van der Waals surface area contributed by atoms with Gasteiger partial charge in [-0.15, -0.1) is 0 Å². The van der Waals surface area contributed by atoms with E-state index in [0.29, 0.717) is 0 Å². The standard InChI is InChI=1S/C66H54N2/c1-65(2,3)50-32-38-61-56(41-50)57-42-51(66(4,5)6)33-39-62(57)68(61)60-37-31-48-28-34-54-59(36-30-47-29-35-55(60)64(48)63(47)54)67(52-21-15-20-49(40-52)44-18-11-8-12-19-44)58-23-14-13-22-53(58)46-26-24-45(25-27-46)43-16-9-7-10-17-43/h7-42H,1-6H3. The van der Waals surface area contributed by atoms with Crippen LogP contribution in [0.15, 0.2) is 218 Å². The highest BCUT2D eigenvalue weighted by atomic mass is 15.1. The molecule has 0 aliphatic carbocycles. The van der Waals surface area contributed by atoms with Gasteiger partial charge in [0.15, 0.2) is 0 Å². The highest BCUT2D eigenvalue weighted by molar-refractivity contribution is 6.27. The Hall–Kier alpha value is -7.94. The fraction of sp³-hybridized carbons (Fsp3) is 0.121. The van der Waals surface area contributed by atoms with Gasteiger partial charge in [0.25, 0.3) is 0 Å². The lowest BCUT2D eigenvalue weighted by Gasteiger charge is -2.30. The average molecular weight is 875 g/mol. The van der Waals surface area contributed by atoms with Crippen molar-refractivity contribution in [2.24, 2.45) is 0 Å². The molecule has 1 heterocycles. The van der Waals surface area contributed by atoms with Gasteiger partial charge in [-0.1, -0.05) is 205 Å². The van der Waals surface area contributed by atoms with E-state index in [1.54, 1.807) is 0 Å². The smallest absolute Gasteiger partial charge is 0.0541 e. The van der Waals surface area contributed by atoms with E-state index in [2.05, 4.69) is 269 Å². The maximum atomic E-state index is 2.52. The number of aromatic nitrogens is 1. The van der Waals surface area contributed by atoms with Crippen molar-refractivity contribution in [3.05, 3.63) is 230 Å². The van der Waals surface area contributed by atoms with Crippen molar-refractivity contribution in [1.29, 1.82) is 0 Å². The highest BCUT2D eigenvalue weighted by Gasteiger charge is 2.25. The molecular weight excluding hydrogens is 821 g/mol. The van der Waals surface area contributed by atoms with Crippen LogP contribution < -0.4 is 4.90 Å². The minimum Gasteiger partial charge on any atom is -0.309 e. The molecule has 2 nitrogen and oxygen atoms in total. The molecule has 0 bridgehead atoms. The molecule has 0 atom stereocenters. The summed E-state index contributed by atoms with van der Waals surface area (Å²) in [5.41, 5.74) is 16.9. The number of anilines is 3. The molecule has 12 aromatic rings. The Balaban J connectivity index is 1.10. The van der Waals surface area contributed by atoms with Gasteiger partial charge in [0.1, 0.15) is 0 Å². The number of rotatable bonds is 7. The molecule has 328 valence electrons. The summed E-state index contributed by atoms with van der Waals surface area (Å²) in [6.07, 6.45) is 0. The molecule has 0 fully saturated rings. The summed E-state index contributed by atoms with van der Waals surface area (Å²) in [7, 11) is 0. The first-order chi connectivity index (χ1) is 33.0. The first-order valence-electron chi connectivity index (χ1n) is 24.0. The van der Waals surface area contributed by atoms with Crippen LogP contribution in [0.25, 0.3) is 93.2 Å². The molecule has 0 saturated heterocycles. The third-order valence-electron chi connectivity index (χ3n) is 14.3. The van der Waals surface area contributed by atoms with Crippen molar-refractivity contribution in [3.63, 3.8) is 0 Å². The van der Waals surface area contributed by atoms with E-state index in [1.165, 1.54) is 104 Å². The van der Waals surface area contributed by atoms with Gasteiger partial charge in [-0.05, 0) is 126 Å². The van der Waals surface area contributed by atoms with E-state index >= 15 is 0 Å². The van der Waals surface area contributed by atoms with E-state index in [-0.39, 0.29) is 10.8 Å². The second kappa shape index (κ2) is 15.9. The Morgan fingerprint density at radius 2 is 0.838 bits per heavy atom. The third kappa shape index (κ3) is 6.94. The molecule has 0 aliphatic rings. The Morgan fingerprint density at radius 1 is 0.338 bits per heavy atom. The lowest BCUT2D eigenvalue weighted by Crippen LogP contribution is -2.12. The van der Waals surface area contributed by atoms with Crippen LogP contribution in [0.3, 0.4) is 0 Å². The number of para-hydroxylation sites is 1. The monoisotopic (exact) mass is 874 g/mol. The molecule has 0 radical (unpaired) electrons. The molecule has 0 unspecified atom stereocenters. The summed E-state index contributed by atoms with van der Waals surface area (Å²) < 4.78 is 2.52. The second-order valence-electron chi connectivity index (χ2n) is 20.6. The SMILES string of the molecule is CC(C)(C)c1ccc2c(c1)c1cc(C(C)(C)C)ccc1n2-c1ccc2ccc3c(N(c4cccc(-c5ccccc5)c4)c4ccccc4-c4ccc(-c5ccccc5)cc4)ccc4ccc1c2c43. The van der Waals surface area contributed by atoms with Gasteiger partial charge in [-0.25, -0.2) is 0 Å². The van der Waals surface area contributed by atoms with E-state index in [4.69, 9.17) is 0 Å². The van der Waals surface area contributed by atoms with Crippen LogP contribution in [-0.4, -0.2) is 4.57 Å². The van der Waals surface area contributed by atoms with Gasteiger partial charge in [-0.2, -0.15) is 0 Å². The molecule has 1 aromatic heterocycles. The minimum atomic E-state index is 0.0270. The van der Waals surface area contributed by atoms with Gasteiger partial charge in [-0.3, -0.25) is 0 Å². The summed E-state index contributed by atoms with van der Waals surface area (Å²) in [4.78, 5) is 2.49. The Labute approximate surface area is 399 Å². The molecule has 68 heavy (non-hydrogen) atoms. The molecule has 0 spiro atoms. The van der Waals surface area contributed by atoms with E-state index in [1.807, 2.05) is 0 Å². The third-order valence-corrected chi connectivity index (χ3v) is 14.3. The fourth-order valence-electron chi connectivity index (χ4n) is 10.6. The first kappa shape index (κ1) is 41.5. The van der Waals surface area contributed by atoms with E-state index < -0.39 is 0 Å². The normalized spacial score (nSPS) is 12.3. The van der Waals surface area contributed by atoms with Crippen LogP contribution in [0.1, 0.15) is 52.7 Å². The van der Waals surface area contributed by atoms with Gasteiger partial charge in [0.2, 0.25) is 0 Å². The quantitative estimate of drug-likeness (QED) is 0.145. The maximum Gasteiger partial charge on any atom is 0.0541 e. The molecular formula is C66H54N2. The molecule has 11 aromatic carbocycles. The molecule has 0 aliphatic heterocycles. The van der Waals surface area contributed by atoms with Crippen LogP contribution in [0.4, 0.5) is 17.1 Å². The van der Waals surface area contributed by atoms with Gasteiger partial charge in [0.05, 0.1) is 28.1 Å². The fourth-order valence-corrected chi connectivity index (χ4v) is 10.6. The molecule has 12 rings (SSSR count). The number of benzene rings is 11. The lowest BCUT2D eigenvalue weighted by molar-refractivity contribution is 0.590. The van der Waals surface area contributed by atoms with E-state index in [9.17, 15) is 0 Å². The van der Waals surface area contributed by atoms with Gasteiger partial charge in [0, 0.05) is 32.8 Å². The van der Waals surface area contributed by atoms with Gasteiger partial charge < -0.3 is 9.47 Å². The highest BCUT2D eigenvalue weighted by Crippen LogP contribution is 2.48. The summed E-state index contributed by atoms with van der Waals surface area (Å²) >= 11 is 0. The number of fused-ring (bicyclic) bond motifs is 3. The van der Waals surface area contributed by atoms with Gasteiger partial charge >= 0.3 is 0 Å². The molecule has 2 heteroatoms. The summed E-state index contributed by atoms with van der Waals surface area (Å²) in [6, 6.07) is 81.3. The van der Waals surface area contributed by atoms with Crippen molar-refractivity contribution in [2.75, 3.05) is 4.90 Å². The lowest BCUT2D eigenvalue weighted by atomic mass is 9.85. The number of nitrogens with zero attached hydrogens (tertiary/aromatic N) is 2. The predicted molar refractivity (Wildman–Crippen MR) is 293 cm³/mol. The zero-order valence-corrected chi connectivity index (χ0v) is 39.7. The summed E-state index contributed by atoms with van der Waals surface area (Å²) in [6.45, 7) is 13.9. The van der Waals surface area contributed by atoms with Crippen LogP contribution in [-0.2, 0) is 10.8 Å². The Bertz CT molecular complexity index is 3770. The van der Waals surface area contributed by atoms with Crippen molar-refractivity contribution in [3.8, 4) is 39.1 Å². The minimum absolute atomic E-state index is 0.0270. The number of hydrogen-bond donors (Lipinski definition) is 0. The zero-order valence-electron chi connectivity index (χ0n) is 39.7. The van der Waals surface area contributed by atoms with Crippen LogP contribution in [0.2, 0.25) is 0 Å². The second-order valence-corrected chi connectivity index (χ2v) is 20.6. The molecule has 0 N–H and O–H groups in total. The maximum absolute atomic E-state index is 2.52. The van der Waals surface area contributed by atoms with Crippen LogP contribution >= 0.6 is 0 Å². The number of hydrogen-bond acceptors (Lipinski definition) is 1. The Morgan fingerprint density at radius 3 is 1.47 bits per heavy atom. The molecule has 0 amide bonds. The zero-order chi connectivity index (χ0) is 46.3. The average Bonchev–Trinajstić information content (AvgIpc) is 3.69. The van der Waals surface area contributed by atoms with Crippen molar-refractivity contribution in [1.82, 2.24) is 4.57 Å². The van der Waals surface area contributed by atoms with Crippen molar-refractivity contribution < 1.29 is 0 Å². The summed E-state index contributed by atoms with van der Waals surface area (Å²) in [5.74, 6) is 0. The van der Waals surface area contributed by atoms with E-state index in [0.717, 1.165) is 17.1 Å². The summed E-state index contributed by atoms with van der Waals surface area (Å²) in [5, 5.41) is 10.1.